The highest BCUT2D eigenvalue weighted by atomic mass is 32.2. The van der Waals surface area contributed by atoms with Crippen molar-refractivity contribution in [3.8, 4) is 10.8 Å². The number of rotatable bonds is 6. The second-order valence-corrected chi connectivity index (χ2v) is 11.1. The van der Waals surface area contributed by atoms with Gasteiger partial charge in [-0.1, -0.05) is 30.3 Å². The molecule has 6 nitrogen and oxygen atoms in total. The van der Waals surface area contributed by atoms with E-state index in [1.807, 2.05) is 6.07 Å². The SMILES string of the molecule is O=S(=O)(c1ccc(-c2nnc(C3CC3)o2)s1)N1CCC(Cc2ccccc2)CC1. The fourth-order valence-corrected chi connectivity index (χ4v) is 6.68. The van der Waals surface area contributed by atoms with Crippen LogP contribution in [0.25, 0.3) is 10.8 Å². The summed E-state index contributed by atoms with van der Waals surface area (Å²) in [5, 5.41) is 8.18. The summed E-state index contributed by atoms with van der Waals surface area (Å²) in [5.41, 5.74) is 1.32. The minimum absolute atomic E-state index is 0.347. The van der Waals surface area contributed by atoms with Gasteiger partial charge in [-0.15, -0.1) is 21.5 Å². The van der Waals surface area contributed by atoms with Gasteiger partial charge in [-0.2, -0.15) is 4.31 Å². The van der Waals surface area contributed by atoms with Crippen molar-refractivity contribution >= 4 is 21.4 Å². The zero-order valence-electron chi connectivity index (χ0n) is 16.0. The van der Waals surface area contributed by atoms with Gasteiger partial charge in [-0.25, -0.2) is 8.42 Å². The summed E-state index contributed by atoms with van der Waals surface area (Å²) in [6.45, 7) is 1.14. The van der Waals surface area contributed by atoms with Gasteiger partial charge in [0, 0.05) is 19.0 Å². The smallest absolute Gasteiger partial charge is 0.257 e. The lowest BCUT2D eigenvalue weighted by Crippen LogP contribution is -2.38. The van der Waals surface area contributed by atoms with Gasteiger partial charge in [0.2, 0.25) is 5.89 Å². The molecule has 1 aromatic carbocycles. The minimum Gasteiger partial charge on any atom is -0.420 e. The number of sulfonamides is 1. The summed E-state index contributed by atoms with van der Waals surface area (Å²) in [5.74, 6) is 2.00. The molecule has 2 aliphatic rings. The fourth-order valence-electron chi connectivity index (χ4n) is 3.83. The Bertz CT molecular complexity index is 1080. The standard InChI is InChI=1S/C21H23N3O3S2/c25-29(26,24-12-10-16(11-13-24)14-15-4-2-1-3-5-15)19-9-8-18(28-19)21-23-22-20(27-21)17-6-7-17/h1-5,8-9,16-17H,6-7,10-14H2. The van der Waals surface area contributed by atoms with Crippen LogP contribution in [0.5, 0.6) is 0 Å². The Morgan fingerprint density at radius 2 is 1.76 bits per heavy atom. The van der Waals surface area contributed by atoms with Crippen molar-refractivity contribution in [3.63, 3.8) is 0 Å². The quantitative estimate of drug-likeness (QED) is 0.583. The van der Waals surface area contributed by atoms with Crippen LogP contribution in [-0.4, -0.2) is 36.0 Å². The maximum absolute atomic E-state index is 13.1. The van der Waals surface area contributed by atoms with Crippen molar-refractivity contribution in [2.75, 3.05) is 13.1 Å². The van der Waals surface area contributed by atoms with Crippen molar-refractivity contribution in [3.05, 3.63) is 53.9 Å². The summed E-state index contributed by atoms with van der Waals surface area (Å²) in [6.07, 6.45) is 4.97. The van der Waals surface area contributed by atoms with Crippen LogP contribution in [0.2, 0.25) is 0 Å². The number of hydrogen-bond acceptors (Lipinski definition) is 6. The lowest BCUT2D eigenvalue weighted by molar-refractivity contribution is 0.273. The number of thiophene rings is 1. The van der Waals surface area contributed by atoms with Crippen LogP contribution in [0, 0.1) is 5.92 Å². The van der Waals surface area contributed by atoms with Gasteiger partial charge < -0.3 is 4.42 Å². The molecule has 2 fully saturated rings. The van der Waals surface area contributed by atoms with Crippen molar-refractivity contribution in [1.29, 1.82) is 0 Å². The van der Waals surface area contributed by atoms with Crippen LogP contribution >= 0.6 is 11.3 Å². The third kappa shape index (κ3) is 4.01. The number of nitrogens with zero attached hydrogens (tertiary/aromatic N) is 3. The van der Waals surface area contributed by atoms with E-state index in [2.05, 4.69) is 34.5 Å². The van der Waals surface area contributed by atoms with Gasteiger partial charge in [-0.05, 0) is 55.7 Å². The normalized spacial score (nSPS) is 18.9. The van der Waals surface area contributed by atoms with Crippen molar-refractivity contribution in [2.45, 2.75) is 42.2 Å². The van der Waals surface area contributed by atoms with Crippen LogP contribution in [0.4, 0.5) is 0 Å². The molecule has 1 aliphatic carbocycles. The van der Waals surface area contributed by atoms with Crippen LogP contribution in [0.3, 0.4) is 0 Å². The molecule has 3 heterocycles. The summed E-state index contributed by atoms with van der Waals surface area (Å²) >= 11 is 1.21. The first-order valence-electron chi connectivity index (χ1n) is 10.1. The van der Waals surface area contributed by atoms with Gasteiger partial charge in [0.1, 0.15) is 4.21 Å². The Hall–Kier alpha value is -2.03. The van der Waals surface area contributed by atoms with E-state index in [1.165, 1.54) is 16.9 Å². The first kappa shape index (κ1) is 19.0. The topological polar surface area (TPSA) is 76.3 Å². The zero-order chi connectivity index (χ0) is 19.8. The lowest BCUT2D eigenvalue weighted by Gasteiger charge is -2.30. The Morgan fingerprint density at radius 1 is 1.00 bits per heavy atom. The van der Waals surface area contributed by atoms with Gasteiger partial charge in [0.25, 0.3) is 15.9 Å². The number of aromatic nitrogens is 2. The minimum atomic E-state index is -3.48. The zero-order valence-corrected chi connectivity index (χ0v) is 17.7. The predicted molar refractivity (Wildman–Crippen MR) is 111 cm³/mol. The maximum atomic E-state index is 13.1. The molecule has 0 atom stereocenters. The van der Waals surface area contributed by atoms with E-state index in [0.717, 1.165) is 32.1 Å². The molecule has 1 aliphatic heterocycles. The fraction of sp³-hybridized carbons (Fsp3) is 0.429. The van der Waals surface area contributed by atoms with Crippen molar-refractivity contribution < 1.29 is 12.8 Å². The first-order valence-corrected chi connectivity index (χ1v) is 12.3. The monoisotopic (exact) mass is 429 g/mol. The van der Waals surface area contributed by atoms with Crippen LogP contribution in [-0.2, 0) is 16.4 Å². The molecule has 2 aromatic heterocycles. The van der Waals surface area contributed by atoms with E-state index >= 15 is 0 Å². The Balaban J connectivity index is 1.25. The van der Waals surface area contributed by atoms with Gasteiger partial charge in [0.05, 0.1) is 4.88 Å². The highest BCUT2D eigenvalue weighted by Gasteiger charge is 2.32. The average molecular weight is 430 g/mol. The molecule has 152 valence electrons. The Kier molecular flexibility index (Phi) is 5.01. The largest absolute Gasteiger partial charge is 0.420 e. The molecular formula is C21H23N3O3S2. The first-order chi connectivity index (χ1) is 14.1. The lowest BCUT2D eigenvalue weighted by atomic mass is 9.91. The van der Waals surface area contributed by atoms with E-state index in [4.69, 9.17) is 4.42 Å². The molecule has 5 rings (SSSR count). The Labute approximate surface area is 174 Å². The molecule has 0 spiro atoms. The van der Waals surface area contributed by atoms with Crippen molar-refractivity contribution in [2.24, 2.45) is 5.92 Å². The predicted octanol–water partition coefficient (Wildman–Crippen LogP) is 4.32. The summed E-state index contributed by atoms with van der Waals surface area (Å²) in [4.78, 5) is 0.710. The third-order valence-corrected chi connectivity index (χ3v) is 9.13. The molecule has 1 saturated heterocycles. The second kappa shape index (κ2) is 7.66. The van der Waals surface area contributed by atoms with Crippen molar-refractivity contribution in [1.82, 2.24) is 14.5 Å². The van der Waals surface area contributed by atoms with Gasteiger partial charge in [0.15, 0.2) is 0 Å². The van der Waals surface area contributed by atoms with E-state index in [1.54, 1.807) is 16.4 Å². The van der Waals surface area contributed by atoms with E-state index in [0.29, 0.717) is 45.8 Å². The maximum Gasteiger partial charge on any atom is 0.257 e. The van der Waals surface area contributed by atoms with E-state index < -0.39 is 10.0 Å². The summed E-state index contributed by atoms with van der Waals surface area (Å²) < 4.78 is 33.9. The molecule has 0 N–H and O–H groups in total. The molecule has 29 heavy (non-hydrogen) atoms. The van der Waals surface area contributed by atoms with Gasteiger partial charge >= 0.3 is 0 Å². The molecule has 0 unspecified atom stereocenters. The number of benzene rings is 1. The summed E-state index contributed by atoms with van der Waals surface area (Å²) in [6, 6.07) is 13.8. The molecule has 3 aromatic rings. The molecule has 0 amide bonds. The molecular weight excluding hydrogens is 406 g/mol. The highest BCUT2D eigenvalue weighted by Crippen LogP contribution is 2.41. The second-order valence-electron chi connectivity index (χ2n) is 7.88. The van der Waals surface area contributed by atoms with E-state index in [9.17, 15) is 8.42 Å². The van der Waals surface area contributed by atoms with Crippen LogP contribution < -0.4 is 0 Å². The number of hydrogen-bond donors (Lipinski definition) is 0. The third-order valence-electron chi connectivity index (χ3n) is 5.69. The number of piperidine rings is 1. The summed E-state index contributed by atoms with van der Waals surface area (Å²) in [7, 11) is -3.48. The van der Waals surface area contributed by atoms with Crippen LogP contribution in [0.15, 0.2) is 51.1 Å². The van der Waals surface area contributed by atoms with Gasteiger partial charge in [-0.3, -0.25) is 0 Å². The molecule has 1 saturated carbocycles. The highest BCUT2D eigenvalue weighted by molar-refractivity contribution is 7.91. The molecule has 8 heteroatoms. The average Bonchev–Trinajstić information content (AvgIpc) is 3.26. The van der Waals surface area contributed by atoms with E-state index in [-0.39, 0.29) is 0 Å². The van der Waals surface area contributed by atoms with Crippen LogP contribution in [0.1, 0.15) is 43.1 Å². The molecule has 0 radical (unpaired) electrons. The Morgan fingerprint density at radius 3 is 2.48 bits per heavy atom. The molecule has 0 bridgehead atoms.